The normalized spacial score (nSPS) is 18.8. The molecule has 0 spiro atoms. The first-order valence-electron chi connectivity index (χ1n) is 11.9. The van der Waals surface area contributed by atoms with Crippen LogP contribution >= 0.6 is 34.4 Å². The number of halogens is 1. The second kappa shape index (κ2) is 11.5. The zero-order valence-corrected chi connectivity index (χ0v) is 22.9. The number of fused-ring (bicyclic) bond motifs is 1. The van der Waals surface area contributed by atoms with Gasteiger partial charge in [-0.15, -0.1) is 11.8 Å². The van der Waals surface area contributed by atoms with Crippen LogP contribution < -0.4 is 5.32 Å². The Balaban J connectivity index is 1.35. The molecule has 0 saturated carbocycles. The van der Waals surface area contributed by atoms with E-state index < -0.39 is 18.1 Å². The molecule has 8 heteroatoms. The van der Waals surface area contributed by atoms with Gasteiger partial charge in [0.25, 0.3) is 5.91 Å². The van der Waals surface area contributed by atoms with E-state index in [0.29, 0.717) is 15.9 Å². The highest BCUT2D eigenvalue weighted by atomic mass is 127. The van der Waals surface area contributed by atoms with Gasteiger partial charge in [-0.25, -0.2) is 4.79 Å². The fraction of sp³-hybridized carbons (Fsp3) is 0.207. The maximum atomic E-state index is 13.7. The molecule has 3 aromatic rings. The molecule has 0 aromatic heterocycles. The van der Waals surface area contributed by atoms with Crippen molar-refractivity contribution in [3.63, 3.8) is 0 Å². The summed E-state index contributed by atoms with van der Waals surface area (Å²) in [6, 6.07) is 27.9. The Kier molecular flexibility index (Phi) is 7.95. The van der Waals surface area contributed by atoms with E-state index in [0.717, 1.165) is 22.3 Å². The molecule has 1 N–H and O–H groups in total. The summed E-state index contributed by atoms with van der Waals surface area (Å²) in [6.45, 7) is 0. The monoisotopic (exact) mass is 624 g/mol. The number of nitrogens with one attached hydrogen (secondary N) is 1. The SMILES string of the molecule is O=C(Cc1ccccc1)NC1C(=O)N2C(C(=O)OC(c3ccccc3)c3ccccc3)=C(CI)CS[C@H]12. The van der Waals surface area contributed by atoms with Gasteiger partial charge in [-0.05, 0) is 22.3 Å². The van der Waals surface area contributed by atoms with Crippen molar-refractivity contribution in [3.05, 3.63) is 119 Å². The van der Waals surface area contributed by atoms with Gasteiger partial charge in [0.2, 0.25) is 5.91 Å². The number of rotatable bonds is 8. The second-order valence-corrected chi connectivity index (χ2v) is 10.7. The van der Waals surface area contributed by atoms with E-state index in [2.05, 4.69) is 27.9 Å². The molecular weight excluding hydrogens is 599 g/mol. The molecule has 188 valence electrons. The Morgan fingerprint density at radius 1 is 0.946 bits per heavy atom. The number of benzene rings is 3. The summed E-state index contributed by atoms with van der Waals surface area (Å²) >= 11 is 3.77. The Hall–Kier alpha value is -3.11. The topological polar surface area (TPSA) is 75.7 Å². The van der Waals surface area contributed by atoms with Crippen LogP contribution in [0.5, 0.6) is 0 Å². The summed E-state index contributed by atoms with van der Waals surface area (Å²) in [4.78, 5) is 41.0. The largest absolute Gasteiger partial charge is 0.448 e. The number of hydrogen-bond donors (Lipinski definition) is 1. The van der Waals surface area contributed by atoms with Crippen molar-refractivity contribution in [2.45, 2.75) is 23.9 Å². The lowest BCUT2D eigenvalue weighted by atomic mass is 10.0. The molecule has 1 fully saturated rings. The van der Waals surface area contributed by atoms with Gasteiger partial charge < -0.3 is 10.1 Å². The van der Waals surface area contributed by atoms with Crippen molar-refractivity contribution in [1.29, 1.82) is 0 Å². The number of carbonyl (C=O) groups is 3. The van der Waals surface area contributed by atoms with Crippen LogP contribution in [0, 0.1) is 0 Å². The van der Waals surface area contributed by atoms with Crippen LogP contribution in [0.25, 0.3) is 0 Å². The standard InChI is InChI=1S/C29H25IN2O4S/c30-17-22-18-37-28-24(31-23(33)16-19-10-4-1-5-11-19)27(34)32(28)25(22)29(35)36-26(20-12-6-2-7-13-20)21-14-8-3-9-15-21/h1-15,24,26,28H,16-18H2,(H,31,33)/t24?,28-/m1/s1. The van der Waals surface area contributed by atoms with Crippen LogP contribution in [-0.4, -0.2) is 44.3 Å². The summed E-state index contributed by atoms with van der Waals surface area (Å²) in [6.07, 6.45) is -0.412. The lowest BCUT2D eigenvalue weighted by molar-refractivity contribution is -0.154. The third-order valence-electron chi connectivity index (χ3n) is 6.36. The predicted octanol–water partition coefficient (Wildman–Crippen LogP) is 4.65. The minimum atomic E-state index is -0.668. The number of nitrogens with zero attached hydrogens (tertiary/aromatic N) is 1. The van der Waals surface area contributed by atoms with Gasteiger partial charge >= 0.3 is 5.97 Å². The first-order chi connectivity index (χ1) is 18.1. The molecular formula is C29H25IN2O4S. The van der Waals surface area contributed by atoms with E-state index in [-0.39, 0.29) is 23.6 Å². The van der Waals surface area contributed by atoms with Gasteiger partial charge in [0.1, 0.15) is 17.1 Å². The van der Waals surface area contributed by atoms with E-state index in [4.69, 9.17) is 4.74 Å². The molecule has 1 saturated heterocycles. The van der Waals surface area contributed by atoms with Crippen LogP contribution in [-0.2, 0) is 25.5 Å². The van der Waals surface area contributed by atoms with Crippen LogP contribution in [0.3, 0.4) is 0 Å². The van der Waals surface area contributed by atoms with Crippen molar-refractivity contribution in [1.82, 2.24) is 10.2 Å². The predicted molar refractivity (Wildman–Crippen MR) is 152 cm³/mol. The Morgan fingerprint density at radius 3 is 2.08 bits per heavy atom. The minimum Gasteiger partial charge on any atom is -0.448 e. The van der Waals surface area contributed by atoms with Gasteiger partial charge in [-0.2, -0.15) is 0 Å². The van der Waals surface area contributed by atoms with Gasteiger partial charge in [0, 0.05) is 10.2 Å². The smallest absolute Gasteiger partial charge is 0.356 e. The molecule has 1 unspecified atom stereocenters. The summed E-state index contributed by atoms with van der Waals surface area (Å²) in [5.41, 5.74) is 3.73. The van der Waals surface area contributed by atoms with Crippen molar-refractivity contribution >= 4 is 52.1 Å². The Labute approximate surface area is 233 Å². The zero-order chi connectivity index (χ0) is 25.8. The lowest BCUT2D eigenvalue weighted by Gasteiger charge is -2.49. The fourth-order valence-corrected chi connectivity index (χ4v) is 6.87. The molecule has 2 aliphatic rings. The average molecular weight is 625 g/mol. The van der Waals surface area contributed by atoms with E-state index >= 15 is 0 Å². The highest BCUT2D eigenvalue weighted by molar-refractivity contribution is 14.1. The molecule has 0 aliphatic carbocycles. The highest BCUT2D eigenvalue weighted by Gasteiger charge is 2.54. The van der Waals surface area contributed by atoms with E-state index in [1.54, 1.807) is 11.8 Å². The number of carbonyl (C=O) groups excluding carboxylic acids is 3. The van der Waals surface area contributed by atoms with Crippen molar-refractivity contribution in [3.8, 4) is 0 Å². The molecule has 5 rings (SSSR count). The van der Waals surface area contributed by atoms with Gasteiger partial charge in [0.05, 0.1) is 6.42 Å². The Bertz CT molecular complexity index is 1280. The summed E-state index contributed by atoms with van der Waals surface area (Å²) < 4.78 is 6.70. The van der Waals surface area contributed by atoms with Crippen molar-refractivity contribution < 1.29 is 19.1 Å². The number of esters is 1. The average Bonchev–Trinajstić information content (AvgIpc) is 2.95. The number of amides is 2. The summed E-state index contributed by atoms with van der Waals surface area (Å²) in [5, 5.41) is 2.53. The van der Waals surface area contributed by atoms with E-state index in [1.165, 1.54) is 4.90 Å². The number of hydrogen-bond acceptors (Lipinski definition) is 5. The number of thioether (sulfide) groups is 1. The lowest BCUT2D eigenvalue weighted by Crippen LogP contribution is -2.70. The highest BCUT2D eigenvalue weighted by Crippen LogP contribution is 2.42. The van der Waals surface area contributed by atoms with E-state index in [9.17, 15) is 14.4 Å². The molecule has 2 atom stereocenters. The summed E-state index contributed by atoms with van der Waals surface area (Å²) in [7, 11) is 0. The zero-order valence-electron chi connectivity index (χ0n) is 19.9. The number of β-lactam (4-membered cyclic amide) rings is 1. The van der Waals surface area contributed by atoms with Crippen LogP contribution in [0.15, 0.2) is 102 Å². The summed E-state index contributed by atoms with van der Waals surface area (Å²) in [5.74, 6) is -0.444. The molecule has 2 aliphatic heterocycles. The molecule has 6 nitrogen and oxygen atoms in total. The first-order valence-corrected chi connectivity index (χ1v) is 14.5. The minimum absolute atomic E-state index is 0.196. The van der Waals surface area contributed by atoms with Crippen LogP contribution in [0.4, 0.5) is 0 Å². The molecule has 37 heavy (non-hydrogen) atoms. The fourth-order valence-electron chi connectivity index (χ4n) is 4.53. The third kappa shape index (κ3) is 5.45. The van der Waals surface area contributed by atoms with Crippen LogP contribution in [0.1, 0.15) is 22.8 Å². The van der Waals surface area contributed by atoms with Gasteiger partial charge in [0.15, 0.2) is 6.10 Å². The third-order valence-corrected chi connectivity index (χ3v) is 8.62. The molecule has 0 bridgehead atoms. The van der Waals surface area contributed by atoms with E-state index in [1.807, 2.05) is 91.0 Å². The van der Waals surface area contributed by atoms with Gasteiger partial charge in [-0.3, -0.25) is 14.5 Å². The van der Waals surface area contributed by atoms with Crippen LogP contribution in [0.2, 0.25) is 0 Å². The quantitative estimate of drug-likeness (QED) is 0.171. The van der Waals surface area contributed by atoms with Crippen molar-refractivity contribution in [2.75, 3.05) is 10.2 Å². The number of ether oxygens (including phenoxy) is 1. The maximum Gasteiger partial charge on any atom is 0.356 e. The molecule has 2 amide bonds. The maximum absolute atomic E-state index is 13.7. The van der Waals surface area contributed by atoms with Crippen molar-refractivity contribution in [2.24, 2.45) is 0 Å². The molecule has 3 aromatic carbocycles. The van der Waals surface area contributed by atoms with Gasteiger partial charge in [-0.1, -0.05) is 114 Å². The molecule has 2 heterocycles. The Morgan fingerprint density at radius 2 is 1.51 bits per heavy atom. The second-order valence-electron chi connectivity index (χ2n) is 8.81. The first kappa shape index (κ1) is 25.5. The number of alkyl halides is 1. The molecule has 0 radical (unpaired) electrons.